The minimum atomic E-state index is -0.454. The van der Waals surface area contributed by atoms with E-state index in [-0.39, 0.29) is 5.91 Å². The normalized spacial score (nSPS) is 18.4. The zero-order chi connectivity index (χ0) is 17.1. The number of amides is 1. The third-order valence-electron chi connectivity index (χ3n) is 3.93. The molecule has 128 valence electrons. The molecule has 3 rings (SSSR count). The molecule has 1 unspecified atom stereocenters. The number of likely N-dealkylation sites (N-methyl/N-ethyl adjacent to an activating group) is 1. The van der Waals surface area contributed by atoms with Crippen molar-refractivity contribution < 1.29 is 14.3 Å². The highest BCUT2D eigenvalue weighted by atomic mass is 32.1. The molecular weight excluding hydrogens is 326 g/mol. The molecule has 1 fully saturated rings. The lowest BCUT2D eigenvalue weighted by Crippen LogP contribution is -2.46. The first-order valence-electron chi connectivity index (χ1n) is 7.78. The van der Waals surface area contributed by atoms with Crippen molar-refractivity contribution in [3.63, 3.8) is 0 Å². The van der Waals surface area contributed by atoms with Gasteiger partial charge in [-0.1, -0.05) is 11.6 Å². The number of hydrogen-bond donors (Lipinski definition) is 1. The molecular formula is C17H21N3O3S. The maximum Gasteiger partial charge on any atom is 0.256 e. The van der Waals surface area contributed by atoms with Crippen LogP contribution in [0.5, 0.6) is 5.75 Å². The van der Waals surface area contributed by atoms with Crippen LogP contribution in [0, 0.1) is 6.92 Å². The highest BCUT2D eigenvalue weighted by Crippen LogP contribution is 2.33. The first-order valence-corrected chi connectivity index (χ1v) is 8.66. The Bertz CT molecular complexity index is 732. The van der Waals surface area contributed by atoms with Gasteiger partial charge in [0.05, 0.1) is 19.4 Å². The topological polar surface area (TPSA) is 63.7 Å². The molecule has 0 spiro atoms. The van der Waals surface area contributed by atoms with Gasteiger partial charge in [-0.25, -0.2) is 4.98 Å². The van der Waals surface area contributed by atoms with Crippen LogP contribution >= 0.6 is 11.3 Å². The Morgan fingerprint density at radius 2 is 2.33 bits per heavy atom. The third kappa shape index (κ3) is 3.75. The van der Waals surface area contributed by atoms with E-state index in [1.807, 2.05) is 37.6 Å². The van der Waals surface area contributed by atoms with Gasteiger partial charge in [-0.3, -0.25) is 10.1 Å². The van der Waals surface area contributed by atoms with E-state index in [1.165, 1.54) is 11.3 Å². The Morgan fingerprint density at radius 1 is 1.50 bits per heavy atom. The minimum absolute atomic E-state index is 0.154. The fourth-order valence-electron chi connectivity index (χ4n) is 2.60. The van der Waals surface area contributed by atoms with E-state index in [1.54, 1.807) is 7.11 Å². The summed E-state index contributed by atoms with van der Waals surface area (Å²) in [5, 5.41) is 5.33. The second kappa shape index (κ2) is 7.29. The highest BCUT2D eigenvalue weighted by molar-refractivity contribution is 7.14. The number of carbonyl (C=O) groups is 1. The standard InChI is InChI=1S/C17H21N3O3S/c1-11-4-5-14(22-3)12(8-11)13-10-24-17(18-13)19-16(21)15-9-20(2)6-7-23-15/h4-5,8,10,15H,6-7,9H2,1-3H3,(H,18,19,21). The number of methoxy groups -OCH3 is 1. The van der Waals surface area contributed by atoms with Crippen LogP contribution in [-0.2, 0) is 9.53 Å². The SMILES string of the molecule is COc1ccc(C)cc1-c1csc(NC(=O)C2CN(C)CCO2)n1. The van der Waals surface area contributed by atoms with Crippen LogP contribution in [0.4, 0.5) is 5.13 Å². The first-order chi connectivity index (χ1) is 11.6. The molecule has 1 aromatic carbocycles. The zero-order valence-electron chi connectivity index (χ0n) is 14.0. The quantitative estimate of drug-likeness (QED) is 0.920. The van der Waals surface area contributed by atoms with E-state index in [4.69, 9.17) is 9.47 Å². The first kappa shape index (κ1) is 16.9. The Hall–Kier alpha value is -1.96. The van der Waals surface area contributed by atoms with Gasteiger partial charge in [0, 0.05) is 24.0 Å². The van der Waals surface area contributed by atoms with Crippen molar-refractivity contribution in [1.82, 2.24) is 9.88 Å². The number of carbonyl (C=O) groups excluding carboxylic acids is 1. The molecule has 2 heterocycles. The van der Waals surface area contributed by atoms with Gasteiger partial charge in [0.15, 0.2) is 5.13 Å². The van der Waals surface area contributed by atoms with E-state index in [0.29, 0.717) is 18.3 Å². The summed E-state index contributed by atoms with van der Waals surface area (Å²) in [7, 11) is 3.62. The third-order valence-corrected chi connectivity index (χ3v) is 4.68. The number of aryl methyl sites for hydroxylation is 1. The molecule has 2 aromatic rings. The number of hydrogen-bond acceptors (Lipinski definition) is 6. The second-order valence-corrected chi connectivity index (χ2v) is 6.71. The molecule has 0 aliphatic carbocycles. The van der Waals surface area contributed by atoms with Crippen molar-refractivity contribution in [1.29, 1.82) is 0 Å². The van der Waals surface area contributed by atoms with Crippen molar-refractivity contribution in [2.75, 3.05) is 39.2 Å². The molecule has 1 aliphatic heterocycles. The molecule has 0 saturated carbocycles. The fourth-order valence-corrected chi connectivity index (χ4v) is 3.31. The van der Waals surface area contributed by atoms with Gasteiger partial charge < -0.3 is 14.4 Å². The Balaban J connectivity index is 1.74. The molecule has 1 aliphatic rings. The van der Waals surface area contributed by atoms with Gasteiger partial charge in [-0.15, -0.1) is 11.3 Å². The number of ether oxygens (including phenoxy) is 2. The average molecular weight is 347 g/mol. The lowest BCUT2D eigenvalue weighted by Gasteiger charge is -2.28. The van der Waals surface area contributed by atoms with E-state index >= 15 is 0 Å². The maximum atomic E-state index is 12.3. The lowest BCUT2D eigenvalue weighted by atomic mass is 10.1. The predicted molar refractivity (Wildman–Crippen MR) is 94.7 cm³/mol. The summed E-state index contributed by atoms with van der Waals surface area (Å²) in [6.45, 7) is 4.03. The van der Waals surface area contributed by atoms with Gasteiger partial charge in [0.2, 0.25) is 0 Å². The maximum absolute atomic E-state index is 12.3. The minimum Gasteiger partial charge on any atom is -0.496 e. The van der Waals surface area contributed by atoms with E-state index in [2.05, 4.69) is 15.2 Å². The van der Waals surface area contributed by atoms with Crippen LogP contribution in [-0.4, -0.2) is 55.7 Å². The van der Waals surface area contributed by atoms with E-state index in [0.717, 1.165) is 29.1 Å². The smallest absolute Gasteiger partial charge is 0.256 e. The lowest BCUT2D eigenvalue weighted by molar-refractivity contribution is -0.132. The van der Waals surface area contributed by atoms with Crippen LogP contribution < -0.4 is 10.1 Å². The van der Waals surface area contributed by atoms with Crippen molar-refractivity contribution >= 4 is 22.4 Å². The summed E-state index contributed by atoms with van der Waals surface area (Å²) in [6.07, 6.45) is -0.454. The molecule has 0 radical (unpaired) electrons. The van der Waals surface area contributed by atoms with Gasteiger partial charge in [0.1, 0.15) is 11.9 Å². The van der Waals surface area contributed by atoms with Crippen LogP contribution in [0.2, 0.25) is 0 Å². The van der Waals surface area contributed by atoms with Crippen molar-refractivity contribution in [3.05, 3.63) is 29.1 Å². The molecule has 1 N–H and O–H groups in total. The summed E-state index contributed by atoms with van der Waals surface area (Å²) in [5.41, 5.74) is 2.84. The van der Waals surface area contributed by atoms with E-state index in [9.17, 15) is 4.79 Å². The Morgan fingerprint density at radius 3 is 3.08 bits per heavy atom. The molecule has 0 bridgehead atoms. The van der Waals surface area contributed by atoms with Gasteiger partial charge in [-0.2, -0.15) is 0 Å². The number of anilines is 1. The van der Waals surface area contributed by atoms with Gasteiger partial charge in [0.25, 0.3) is 5.91 Å². The average Bonchev–Trinajstić information content (AvgIpc) is 3.03. The monoisotopic (exact) mass is 347 g/mol. The molecule has 1 amide bonds. The number of nitrogens with zero attached hydrogens (tertiary/aromatic N) is 2. The second-order valence-electron chi connectivity index (χ2n) is 5.85. The summed E-state index contributed by atoms with van der Waals surface area (Å²) in [5.74, 6) is 0.611. The van der Waals surface area contributed by atoms with Crippen molar-refractivity contribution in [3.8, 4) is 17.0 Å². The number of thiazole rings is 1. The molecule has 1 aromatic heterocycles. The predicted octanol–water partition coefficient (Wildman–Crippen LogP) is 2.40. The Labute approximate surface area is 145 Å². The van der Waals surface area contributed by atoms with Crippen LogP contribution in [0.15, 0.2) is 23.6 Å². The zero-order valence-corrected chi connectivity index (χ0v) is 14.9. The van der Waals surface area contributed by atoms with Crippen LogP contribution in [0.25, 0.3) is 11.3 Å². The molecule has 7 heteroatoms. The number of morpholine rings is 1. The number of benzene rings is 1. The molecule has 1 atom stereocenters. The highest BCUT2D eigenvalue weighted by Gasteiger charge is 2.25. The van der Waals surface area contributed by atoms with Gasteiger partial charge in [-0.05, 0) is 26.1 Å². The summed E-state index contributed by atoms with van der Waals surface area (Å²) < 4.78 is 10.9. The largest absolute Gasteiger partial charge is 0.496 e. The summed E-state index contributed by atoms with van der Waals surface area (Å²) in [6, 6.07) is 5.95. The number of aromatic nitrogens is 1. The number of rotatable bonds is 4. The molecule has 1 saturated heterocycles. The summed E-state index contributed by atoms with van der Waals surface area (Å²) in [4.78, 5) is 18.9. The van der Waals surface area contributed by atoms with Crippen molar-refractivity contribution in [2.45, 2.75) is 13.0 Å². The Kier molecular flexibility index (Phi) is 5.13. The van der Waals surface area contributed by atoms with Gasteiger partial charge >= 0.3 is 0 Å². The molecule has 6 nitrogen and oxygen atoms in total. The van der Waals surface area contributed by atoms with Crippen LogP contribution in [0.3, 0.4) is 0 Å². The van der Waals surface area contributed by atoms with E-state index < -0.39 is 6.10 Å². The fraction of sp³-hybridized carbons (Fsp3) is 0.412. The summed E-state index contributed by atoms with van der Waals surface area (Å²) >= 11 is 1.39. The number of nitrogens with one attached hydrogen (secondary N) is 1. The van der Waals surface area contributed by atoms with Crippen LogP contribution in [0.1, 0.15) is 5.56 Å². The van der Waals surface area contributed by atoms with Crippen molar-refractivity contribution in [2.24, 2.45) is 0 Å². The molecule has 24 heavy (non-hydrogen) atoms.